The van der Waals surface area contributed by atoms with E-state index in [0.717, 1.165) is 58.7 Å². The molecule has 2 aliphatic heterocycles. The Kier molecular flexibility index (Phi) is 6.95. The standard InChI is InChI=1S/C21H35N3O2S/c1-5-26-20(25)21-9-6-10-23(15-19-8-7-17(2)27-19)13-18(21)14-24(16-21)12-11-22(3)4/h7-8,18H,5-6,9-16H2,1-4H3/t18-,21-/m1/s1. The van der Waals surface area contributed by atoms with Gasteiger partial charge in [0.15, 0.2) is 0 Å². The van der Waals surface area contributed by atoms with E-state index in [1.54, 1.807) is 0 Å². The number of nitrogens with zero attached hydrogens (tertiary/aromatic N) is 3. The van der Waals surface area contributed by atoms with E-state index in [2.05, 4.69) is 47.9 Å². The number of likely N-dealkylation sites (tertiary alicyclic amines) is 2. The second-order valence-electron chi connectivity index (χ2n) is 8.46. The van der Waals surface area contributed by atoms with Crippen molar-refractivity contribution in [2.75, 3.05) is 60.0 Å². The Hall–Kier alpha value is -0.950. The molecule has 0 aliphatic carbocycles. The summed E-state index contributed by atoms with van der Waals surface area (Å²) >= 11 is 1.89. The van der Waals surface area contributed by atoms with E-state index in [1.165, 1.54) is 9.75 Å². The molecule has 1 aromatic rings. The second kappa shape index (κ2) is 9.03. The van der Waals surface area contributed by atoms with Gasteiger partial charge < -0.3 is 14.5 Å². The molecule has 3 rings (SSSR count). The number of likely N-dealkylation sites (N-methyl/N-ethyl adjacent to an activating group) is 1. The zero-order valence-electron chi connectivity index (χ0n) is 17.4. The maximum absolute atomic E-state index is 13.0. The summed E-state index contributed by atoms with van der Waals surface area (Å²) in [5.74, 6) is 0.401. The van der Waals surface area contributed by atoms with Crippen LogP contribution in [0.5, 0.6) is 0 Å². The molecule has 0 amide bonds. The maximum atomic E-state index is 13.0. The molecule has 2 saturated heterocycles. The number of fused-ring (bicyclic) bond motifs is 1. The summed E-state index contributed by atoms with van der Waals surface area (Å²) in [4.78, 5) is 23.1. The van der Waals surface area contributed by atoms with E-state index in [-0.39, 0.29) is 11.4 Å². The first-order valence-corrected chi connectivity index (χ1v) is 11.1. The van der Waals surface area contributed by atoms with Gasteiger partial charge in [0.05, 0.1) is 12.0 Å². The highest BCUT2D eigenvalue weighted by Crippen LogP contribution is 2.44. The van der Waals surface area contributed by atoms with Gasteiger partial charge in [-0.1, -0.05) is 0 Å². The number of aryl methyl sites for hydroxylation is 1. The van der Waals surface area contributed by atoms with Gasteiger partial charge in [0.1, 0.15) is 0 Å². The Labute approximate surface area is 168 Å². The minimum atomic E-state index is -0.317. The van der Waals surface area contributed by atoms with Crippen molar-refractivity contribution in [2.45, 2.75) is 33.2 Å². The highest BCUT2D eigenvalue weighted by molar-refractivity contribution is 7.11. The SMILES string of the molecule is CCOC(=O)[C@@]12CCCN(Cc3ccc(C)s3)C[C@@H]1CN(CCN(C)C)C2. The summed E-state index contributed by atoms with van der Waals surface area (Å²) in [5, 5.41) is 0. The van der Waals surface area contributed by atoms with Gasteiger partial charge >= 0.3 is 5.97 Å². The highest BCUT2D eigenvalue weighted by Gasteiger charge is 2.53. The first-order chi connectivity index (χ1) is 12.9. The average Bonchev–Trinajstić information content (AvgIpc) is 3.13. The number of rotatable bonds is 7. The van der Waals surface area contributed by atoms with Gasteiger partial charge in [-0.25, -0.2) is 0 Å². The van der Waals surface area contributed by atoms with Crippen LogP contribution in [0.1, 0.15) is 29.5 Å². The zero-order chi connectivity index (χ0) is 19.4. The van der Waals surface area contributed by atoms with E-state index in [1.807, 2.05) is 18.3 Å². The number of carbonyl (C=O) groups is 1. The van der Waals surface area contributed by atoms with Gasteiger partial charge in [-0.2, -0.15) is 0 Å². The first-order valence-electron chi connectivity index (χ1n) is 10.2. The normalized spacial score (nSPS) is 26.9. The molecule has 6 heteroatoms. The van der Waals surface area contributed by atoms with Crippen molar-refractivity contribution in [1.82, 2.24) is 14.7 Å². The highest BCUT2D eigenvalue weighted by atomic mass is 32.1. The molecule has 2 aliphatic rings. The molecule has 3 heterocycles. The van der Waals surface area contributed by atoms with Crippen LogP contribution in [0.2, 0.25) is 0 Å². The molecule has 5 nitrogen and oxygen atoms in total. The van der Waals surface area contributed by atoms with E-state index >= 15 is 0 Å². The summed E-state index contributed by atoms with van der Waals surface area (Å²) in [6, 6.07) is 4.46. The predicted molar refractivity (Wildman–Crippen MR) is 111 cm³/mol. The van der Waals surface area contributed by atoms with Crippen LogP contribution >= 0.6 is 11.3 Å². The summed E-state index contributed by atoms with van der Waals surface area (Å²) in [5.41, 5.74) is -0.317. The quantitative estimate of drug-likeness (QED) is 0.666. The zero-order valence-corrected chi connectivity index (χ0v) is 18.2. The Morgan fingerprint density at radius 2 is 2.11 bits per heavy atom. The van der Waals surface area contributed by atoms with Crippen LogP contribution in [0.4, 0.5) is 0 Å². The molecular weight excluding hydrogens is 358 g/mol. The minimum Gasteiger partial charge on any atom is -0.466 e. The van der Waals surface area contributed by atoms with Crippen molar-refractivity contribution < 1.29 is 9.53 Å². The third-order valence-corrected chi connectivity index (χ3v) is 7.05. The van der Waals surface area contributed by atoms with Crippen LogP contribution in [-0.2, 0) is 16.1 Å². The Bertz CT molecular complexity index is 633. The third-order valence-electron chi connectivity index (χ3n) is 6.06. The van der Waals surface area contributed by atoms with Crippen molar-refractivity contribution in [3.63, 3.8) is 0 Å². The number of hydrogen-bond donors (Lipinski definition) is 0. The predicted octanol–water partition coefficient (Wildman–Crippen LogP) is 2.70. The van der Waals surface area contributed by atoms with Crippen molar-refractivity contribution in [3.8, 4) is 0 Å². The molecule has 0 N–H and O–H groups in total. The molecule has 2 fully saturated rings. The smallest absolute Gasteiger partial charge is 0.313 e. The van der Waals surface area contributed by atoms with Crippen molar-refractivity contribution in [2.24, 2.45) is 11.3 Å². The lowest BCUT2D eigenvalue weighted by Crippen LogP contribution is -2.42. The van der Waals surface area contributed by atoms with E-state index in [9.17, 15) is 4.79 Å². The van der Waals surface area contributed by atoms with Gasteiger partial charge in [-0.3, -0.25) is 9.69 Å². The van der Waals surface area contributed by atoms with Crippen LogP contribution in [0, 0.1) is 18.3 Å². The summed E-state index contributed by atoms with van der Waals surface area (Å²) in [6.45, 7) is 11.6. The van der Waals surface area contributed by atoms with Crippen molar-refractivity contribution >= 4 is 17.3 Å². The number of hydrogen-bond acceptors (Lipinski definition) is 6. The number of thiophene rings is 1. The summed E-state index contributed by atoms with van der Waals surface area (Å²) in [6.07, 6.45) is 2.02. The lowest BCUT2D eigenvalue weighted by molar-refractivity contribution is -0.157. The van der Waals surface area contributed by atoms with Crippen molar-refractivity contribution in [3.05, 3.63) is 21.9 Å². The molecule has 0 aromatic carbocycles. The van der Waals surface area contributed by atoms with E-state index in [4.69, 9.17) is 4.74 Å². The van der Waals surface area contributed by atoms with Gasteiger partial charge in [-0.15, -0.1) is 11.3 Å². The molecule has 152 valence electrons. The largest absolute Gasteiger partial charge is 0.466 e. The molecule has 0 saturated carbocycles. The Balaban J connectivity index is 1.73. The molecule has 0 bridgehead atoms. The van der Waals surface area contributed by atoms with Gasteiger partial charge in [-0.05, 0) is 59.5 Å². The minimum absolute atomic E-state index is 0.0381. The van der Waals surface area contributed by atoms with Crippen LogP contribution in [0.25, 0.3) is 0 Å². The molecule has 2 atom stereocenters. The lowest BCUT2D eigenvalue weighted by Gasteiger charge is -2.31. The Morgan fingerprint density at radius 1 is 1.33 bits per heavy atom. The molecule has 27 heavy (non-hydrogen) atoms. The van der Waals surface area contributed by atoms with Crippen molar-refractivity contribution in [1.29, 1.82) is 0 Å². The van der Waals surface area contributed by atoms with Gasteiger partial charge in [0, 0.05) is 54.9 Å². The lowest BCUT2D eigenvalue weighted by atomic mass is 9.75. The van der Waals surface area contributed by atoms with Gasteiger partial charge in [0.25, 0.3) is 0 Å². The van der Waals surface area contributed by atoms with Crippen LogP contribution in [0.3, 0.4) is 0 Å². The van der Waals surface area contributed by atoms with Crippen LogP contribution in [-0.4, -0.2) is 80.6 Å². The van der Waals surface area contributed by atoms with E-state index in [0.29, 0.717) is 12.5 Å². The van der Waals surface area contributed by atoms with E-state index < -0.39 is 0 Å². The maximum Gasteiger partial charge on any atom is 0.313 e. The number of ether oxygens (including phenoxy) is 1. The monoisotopic (exact) mass is 393 g/mol. The average molecular weight is 394 g/mol. The molecule has 0 radical (unpaired) electrons. The first kappa shape index (κ1) is 20.8. The molecule has 0 spiro atoms. The molecule has 1 aromatic heterocycles. The third kappa shape index (κ3) is 4.91. The Morgan fingerprint density at radius 3 is 2.78 bits per heavy atom. The fraction of sp³-hybridized carbons (Fsp3) is 0.762. The van der Waals surface area contributed by atoms with Crippen LogP contribution < -0.4 is 0 Å². The summed E-state index contributed by atoms with van der Waals surface area (Å²) < 4.78 is 5.58. The number of esters is 1. The second-order valence-corrected chi connectivity index (χ2v) is 9.84. The molecule has 0 unspecified atom stereocenters. The summed E-state index contributed by atoms with van der Waals surface area (Å²) in [7, 11) is 4.22. The fourth-order valence-corrected chi connectivity index (χ4v) is 5.60. The van der Waals surface area contributed by atoms with Gasteiger partial charge in [0.2, 0.25) is 0 Å². The fourth-order valence-electron chi connectivity index (χ4n) is 4.67. The topological polar surface area (TPSA) is 36.0 Å². The van der Waals surface area contributed by atoms with Crippen LogP contribution in [0.15, 0.2) is 12.1 Å². The molecular formula is C21H35N3O2S. The number of carbonyl (C=O) groups excluding carboxylic acids is 1.